The number of rotatable bonds is 2. The maximum absolute atomic E-state index is 14.1. The molecule has 2 aromatic carbocycles. The van der Waals surface area contributed by atoms with Gasteiger partial charge in [-0.15, -0.1) is 4.68 Å². The van der Waals surface area contributed by atoms with E-state index in [4.69, 9.17) is 0 Å². The van der Waals surface area contributed by atoms with Gasteiger partial charge in [-0.2, -0.15) is 0 Å². The van der Waals surface area contributed by atoms with E-state index in [1.54, 1.807) is 12.1 Å². The molecule has 1 aliphatic heterocycles. The number of halogens is 1. The molecule has 2 atom stereocenters. The summed E-state index contributed by atoms with van der Waals surface area (Å²) in [6.45, 7) is 4.44. The van der Waals surface area contributed by atoms with Crippen LogP contribution in [-0.4, -0.2) is 4.68 Å². The average molecular weight is 319 g/mol. The number of benzene rings is 2. The molecule has 0 N–H and O–H groups in total. The Hall–Kier alpha value is -2.42. The van der Waals surface area contributed by atoms with Gasteiger partial charge in [0.05, 0.1) is 10.8 Å². The summed E-state index contributed by atoms with van der Waals surface area (Å²) in [5, 5.41) is 1.22. The molecular weight excluding hydrogens is 299 g/mol. The van der Waals surface area contributed by atoms with E-state index in [-0.39, 0.29) is 16.8 Å². The van der Waals surface area contributed by atoms with Gasteiger partial charge in [-0.25, -0.2) is 4.39 Å². The molecule has 2 heterocycles. The van der Waals surface area contributed by atoms with Crippen molar-refractivity contribution in [3.05, 3.63) is 72.2 Å². The number of hydrogen-bond acceptors (Lipinski definition) is 0. The highest BCUT2D eigenvalue weighted by Gasteiger charge is 2.65. The second-order valence-electron chi connectivity index (χ2n) is 6.94. The lowest BCUT2D eigenvalue weighted by Crippen LogP contribution is -2.74. The van der Waals surface area contributed by atoms with E-state index in [1.807, 2.05) is 6.07 Å². The van der Waals surface area contributed by atoms with Crippen molar-refractivity contribution >= 4 is 10.9 Å². The zero-order valence-corrected chi connectivity index (χ0v) is 14.0. The van der Waals surface area contributed by atoms with E-state index in [9.17, 15) is 4.39 Å². The Morgan fingerprint density at radius 3 is 2.58 bits per heavy atom. The van der Waals surface area contributed by atoms with Crippen molar-refractivity contribution < 1.29 is 9.07 Å². The second kappa shape index (κ2) is 4.35. The van der Waals surface area contributed by atoms with Crippen molar-refractivity contribution in [2.24, 2.45) is 0 Å². The third-order valence-corrected chi connectivity index (χ3v) is 6.23. The number of nitrogens with zero attached hydrogens (tertiary/aromatic N) is 2. The van der Waals surface area contributed by atoms with Crippen LogP contribution in [0.3, 0.4) is 0 Å². The highest BCUT2D eigenvalue weighted by molar-refractivity contribution is 5.80. The van der Waals surface area contributed by atoms with Crippen LogP contribution in [0.15, 0.2) is 60.8 Å². The summed E-state index contributed by atoms with van der Waals surface area (Å²) in [6, 6.07) is 13.7. The maximum Gasteiger partial charge on any atom is 0.222 e. The minimum atomic E-state index is -0.156. The van der Waals surface area contributed by atoms with Gasteiger partial charge in [0.2, 0.25) is 11.7 Å². The Kier molecular flexibility index (Phi) is 2.53. The zero-order chi connectivity index (χ0) is 16.5. The Balaban J connectivity index is 1.99. The maximum atomic E-state index is 14.1. The molecule has 1 aliphatic carbocycles. The van der Waals surface area contributed by atoms with Crippen LogP contribution in [0.4, 0.5) is 4.39 Å². The van der Waals surface area contributed by atoms with Crippen LogP contribution in [0.5, 0.6) is 0 Å². The molecule has 0 bridgehead atoms. The average Bonchev–Trinajstić information content (AvgIpc) is 2.95. The number of aromatic nitrogens is 2. The summed E-state index contributed by atoms with van der Waals surface area (Å²) in [7, 11) is 0. The number of para-hydroxylation sites is 1. The van der Waals surface area contributed by atoms with Crippen LogP contribution < -0.4 is 4.68 Å². The predicted octanol–water partition coefficient (Wildman–Crippen LogP) is 4.39. The number of hydrogen-bond donors (Lipinski definition) is 0. The first kappa shape index (κ1) is 14.0. The summed E-state index contributed by atoms with van der Waals surface area (Å²) in [5.74, 6) is -0.156. The van der Waals surface area contributed by atoms with E-state index < -0.39 is 0 Å². The predicted molar refractivity (Wildman–Crippen MR) is 92.8 cm³/mol. The van der Waals surface area contributed by atoms with Gasteiger partial charge in [-0.1, -0.05) is 36.7 Å². The smallest absolute Gasteiger partial charge is 0.207 e. The lowest BCUT2D eigenvalue weighted by molar-refractivity contribution is -0.829. The molecule has 2 aliphatic rings. The van der Waals surface area contributed by atoms with E-state index in [1.165, 1.54) is 10.9 Å². The second-order valence-corrected chi connectivity index (χ2v) is 6.94. The van der Waals surface area contributed by atoms with Crippen molar-refractivity contribution in [1.82, 2.24) is 4.68 Å². The van der Waals surface area contributed by atoms with Crippen molar-refractivity contribution in [3.63, 3.8) is 0 Å². The van der Waals surface area contributed by atoms with E-state index in [0.29, 0.717) is 0 Å². The molecule has 1 aromatic heterocycles. The SMILES string of the molecule is CCC12C=CC1(CC)[n+]1cc3ccccc3n1-c1ccc(F)cc12. The molecule has 0 fully saturated rings. The van der Waals surface area contributed by atoms with Crippen LogP contribution in [0.2, 0.25) is 0 Å². The largest absolute Gasteiger partial charge is 0.222 e. The fourth-order valence-electron chi connectivity index (χ4n) is 4.98. The fourth-order valence-corrected chi connectivity index (χ4v) is 4.98. The highest BCUT2D eigenvalue weighted by atomic mass is 19.1. The molecule has 0 amide bonds. The first-order valence-electron chi connectivity index (χ1n) is 8.70. The summed E-state index contributed by atoms with van der Waals surface area (Å²) >= 11 is 0. The lowest BCUT2D eigenvalue weighted by atomic mass is 9.54. The molecule has 0 saturated carbocycles. The lowest BCUT2D eigenvalue weighted by Gasteiger charge is -2.51. The molecular formula is C21H20FN2+. The molecule has 5 rings (SSSR count). The minimum absolute atomic E-state index is 0.123. The molecule has 120 valence electrons. The molecule has 24 heavy (non-hydrogen) atoms. The van der Waals surface area contributed by atoms with Crippen molar-refractivity contribution in [2.75, 3.05) is 0 Å². The van der Waals surface area contributed by atoms with Gasteiger partial charge in [0.15, 0.2) is 0 Å². The molecule has 0 saturated heterocycles. The number of allylic oxidation sites excluding steroid dienone is 2. The number of fused-ring (bicyclic) bond motifs is 8. The van der Waals surface area contributed by atoms with Crippen molar-refractivity contribution in [2.45, 2.75) is 37.6 Å². The topological polar surface area (TPSA) is 8.81 Å². The van der Waals surface area contributed by atoms with Gasteiger partial charge in [0.25, 0.3) is 0 Å². The molecule has 2 unspecified atom stereocenters. The third-order valence-electron chi connectivity index (χ3n) is 6.23. The Bertz CT molecular complexity index is 1020. The van der Waals surface area contributed by atoms with Crippen LogP contribution in [0.1, 0.15) is 32.3 Å². The van der Waals surface area contributed by atoms with Crippen molar-refractivity contribution in [3.8, 4) is 5.69 Å². The molecule has 3 heteroatoms. The standard InChI is InChI=1S/C21H20FN2/c1-3-20-11-12-21(20,4-2)23-14-15-7-5-6-8-18(15)24(23)19-10-9-16(22)13-17(19)20/h5-14H,3-4H2,1-2H3/q+1. The van der Waals surface area contributed by atoms with Crippen LogP contribution >= 0.6 is 0 Å². The van der Waals surface area contributed by atoms with Gasteiger partial charge >= 0.3 is 0 Å². The summed E-state index contributed by atoms with van der Waals surface area (Å²) < 4.78 is 18.8. The first-order chi connectivity index (χ1) is 11.7. The summed E-state index contributed by atoms with van der Waals surface area (Å²) in [5.41, 5.74) is 3.11. The molecule has 3 aromatic rings. The van der Waals surface area contributed by atoms with Crippen LogP contribution in [0, 0.1) is 5.82 Å². The van der Waals surface area contributed by atoms with Crippen LogP contribution in [-0.2, 0) is 11.0 Å². The Morgan fingerprint density at radius 2 is 1.88 bits per heavy atom. The van der Waals surface area contributed by atoms with E-state index in [0.717, 1.165) is 24.1 Å². The normalized spacial score (nSPS) is 26.6. The summed E-state index contributed by atoms with van der Waals surface area (Å²) in [6.07, 6.45) is 8.78. The first-order valence-corrected chi connectivity index (χ1v) is 8.70. The molecule has 0 radical (unpaired) electrons. The minimum Gasteiger partial charge on any atom is -0.207 e. The van der Waals surface area contributed by atoms with Gasteiger partial charge in [-0.05, 0) is 42.8 Å². The zero-order valence-electron chi connectivity index (χ0n) is 14.0. The quantitative estimate of drug-likeness (QED) is 0.489. The molecule has 2 nitrogen and oxygen atoms in total. The van der Waals surface area contributed by atoms with Gasteiger partial charge in [-0.3, -0.25) is 0 Å². The Morgan fingerprint density at radius 1 is 1.04 bits per heavy atom. The summed E-state index contributed by atoms with van der Waals surface area (Å²) in [4.78, 5) is 0. The van der Waals surface area contributed by atoms with Gasteiger partial charge in [0, 0.05) is 12.0 Å². The van der Waals surface area contributed by atoms with E-state index >= 15 is 0 Å². The third kappa shape index (κ3) is 1.32. The monoisotopic (exact) mass is 319 g/mol. The van der Waals surface area contributed by atoms with Crippen LogP contribution in [0.25, 0.3) is 16.6 Å². The Labute approximate surface area is 140 Å². The van der Waals surface area contributed by atoms with E-state index in [2.05, 4.69) is 65.8 Å². The fraction of sp³-hybridized carbons (Fsp3) is 0.286. The van der Waals surface area contributed by atoms with Gasteiger partial charge < -0.3 is 0 Å². The van der Waals surface area contributed by atoms with Gasteiger partial charge in [0.1, 0.15) is 17.0 Å². The van der Waals surface area contributed by atoms with Crippen molar-refractivity contribution in [1.29, 1.82) is 0 Å². The molecule has 0 spiro atoms. The highest BCUT2D eigenvalue weighted by Crippen LogP contribution is 2.55.